The number of amides is 1. The maximum absolute atomic E-state index is 11.9. The van der Waals surface area contributed by atoms with Crippen molar-refractivity contribution in [2.75, 3.05) is 18.2 Å². The second kappa shape index (κ2) is 7.85. The molecule has 0 spiro atoms. The molecule has 0 bridgehead atoms. The standard InChI is InChI=1S/C15H13ClN2O4S/c1-22-14-8-11(4-7-13(14)18(20)21)17-15(19)9-23-12-5-2-10(16)3-6-12/h2-8H,9H2,1H3,(H,17,19). The first-order valence-corrected chi connectivity index (χ1v) is 7.86. The number of hydrogen-bond acceptors (Lipinski definition) is 5. The van der Waals surface area contributed by atoms with Crippen molar-refractivity contribution < 1.29 is 14.5 Å². The van der Waals surface area contributed by atoms with Crippen molar-refractivity contribution in [1.82, 2.24) is 0 Å². The minimum absolute atomic E-state index is 0.0955. The summed E-state index contributed by atoms with van der Waals surface area (Å²) in [6.45, 7) is 0. The lowest BCUT2D eigenvalue weighted by Crippen LogP contribution is -2.14. The Labute approximate surface area is 141 Å². The number of halogens is 1. The van der Waals surface area contributed by atoms with Gasteiger partial charge in [-0.15, -0.1) is 11.8 Å². The summed E-state index contributed by atoms with van der Waals surface area (Å²) in [7, 11) is 1.34. The highest BCUT2D eigenvalue weighted by Crippen LogP contribution is 2.29. The summed E-state index contributed by atoms with van der Waals surface area (Å²) in [6, 6.07) is 11.3. The predicted octanol–water partition coefficient (Wildman–Crippen LogP) is 3.99. The molecule has 0 aliphatic carbocycles. The van der Waals surface area contributed by atoms with Gasteiger partial charge in [-0.2, -0.15) is 0 Å². The zero-order valence-electron chi connectivity index (χ0n) is 12.1. The first kappa shape index (κ1) is 17.1. The number of hydrogen-bond donors (Lipinski definition) is 1. The van der Waals surface area contributed by atoms with Crippen LogP contribution in [0.15, 0.2) is 47.4 Å². The number of anilines is 1. The van der Waals surface area contributed by atoms with Gasteiger partial charge in [0.1, 0.15) is 0 Å². The van der Waals surface area contributed by atoms with Gasteiger partial charge in [0.25, 0.3) is 0 Å². The van der Waals surface area contributed by atoms with Gasteiger partial charge in [-0.1, -0.05) is 11.6 Å². The molecule has 0 aromatic heterocycles. The fraction of sp³-hybridized carbons (Fsp3) is 0.133. The Morgan fingerprint density at radius 2 is 2.00 bits per heavy atom. The molecular formula is C15H13ClN2O4S. The number of carbonyl (C=O) groups excluding carboxylic acids is 1. The lowest BCUT2D eigenvalue weighted by Gasteiger charge is -2.07. The van der Waals surface area contributed by atoms with Crippen LogP contribution in [0.4, 0.5) is 11.4 Å². The number of ether oxygens (including phenoxy) is 1. The molecule has 0 aliphatic heterocycles. The Bertz CT molecular complexity index is 722. The minimum Gasteiger partial charge on any atom is -0.490 e. The second-order valence-corrected chi connectivity index (χ2v) is 5.92. The quantitative estimate of drug-likeness (QED) is 0.483. The van der Waals surface area contributed by atoms with Crippen molar-refractivity contribution in [3.05, 3.63) is 57.6 Å². The third-order valence-electron chi connectivity index (χ3n) is 2.84. The Balaban J connectivity index is 1.97. The van der Waals surface area contributed by atoms with Gasteiger partial charge in [0.15, 0.2) is 5.75 Å². The van der Waals surface area contributed by atoms with Crippen molar-refractivity contribution in [2.24, 2.45) is 0 Å². The SMILES string of the molecule is COc1cc(NC(=O)CSc2ccc(Cl)cc2)ccc1[N+](=O)[O-]. The van der Waals surface area contributed by atoms with Crippen molar-refractivity contribution in [2.45, 2.75) is 4.90 Å². The summed E-state index contributed by atoms with van der Waals surface area (Å²) in [5.74, 6) is 0.0833. The maximum Gasteiger partial charge on any atom is 0.311 e. The molecule has 23 heavy (non-hydrogen) atoms. The van der Waals surface area contributed by atoms with Crippen LogP contribution in [0.3, 0.4) is 0 Å². The Morgan fingerprint density at radius 1 is 1.30 bits per heavy atom. The van der Waals surface area contributed by atoms with Crippen LogP contribution in [-0.2, 0) is 4.79 Å². The molecule has 120 valence electrons. The van der Waals surface area contributed by atoms with Crippen LogP contribution in [0.2, 0.25) is 5.02 Å². The summed E-state index contributed by atoms with van der Waals surface area (Å²) in [4.78, 5) is 23.1. The average molecular weight is 353 g/mol. The monoisotopic (exact) mass is 352 g/mol. The average Bonchev–Trinajstić information content (AvgIpc) is 2.54. The van der Waals surface area contributed by atoms with E-state index in [1.165, 1.54) is 37.1 Å². The largest absolute Gasteiger partial charge is 0.490 e. The number of carbonyl (C=O) groups is 1. The predicted molar refractivity (Wildman–Crippen MR) is 90.5 cm³/mol. The molecule has 0 saturated carbocycles. The van der Waals surface area contributed by atoms with E-state index in [0.717, 1.165) is 4.90 Å². The normalized spacial score (nSPS) is 10.2. The highest BCUT2D eigenvalue weighted by atomic mass is 35.5. The molecule has 2 rings (SSSR count). The van der Waals surface area contributed by atoms with Gasteiger partial charge in [-0.05, 0) is 30.3 Å². The highest BCUT2D eigenvalue weighted by Gasteiger charge is 2.15. The summed E-state index contributed by atoms with van der Waals surface area (Å²) >= 11 is 7.16. The number of nitro groups is 1. The van der Waals surface area contributed by atoms with E-state index in [-0.39, 0.29) is 23.1 Å². The number of rotatable bonds is 6. The van der Waals surface area contributed by atoms with E-state index in [4.69, 9.17) is 16.3 Å². The Hall–Kier alpha value is -2.25. The van der Waals surface area contributed by atoms with Gasteiger partial charge < -0.3 is 10.1 Å². The first-order chi connectivity index (χ1) is 11.0. The lowest BCUT2D eigenvalue weighted by atomic mass is 10.2. The van der Waals surface area contributed by atoms with Crippen molar-refractivity contribution in [3.8, 4) is 5.75 Å². The van der Waals surface area contributed by atoms with E-state index in [1.54, 1.807) is 12.1 Å². The molecule has 2 aromatic carbocycles. The molecule has 0 unspecified atom stereocenters. The van der Waals surface area contributed by atoms with E-state index in [0.29, 0.717) is 10.7 Å². The summed E-state index contributed by atoms with van der Waals surface area (Å²) in [5, 5.41) is 14.1. The van der Waals surface area contributed by atoms with Crippen LogP contribution in [0.25, 0.3) is 0 Å². The summed E-state index contributed by atoms with van der Waals surface area (Å²) < 4.78 is 4.96. The van der Waals surface area contributed by atoms with Crippen LogP contribution in [0.1, 0.15) is 0 Å². The fourth-order valence-electron chi connectivity index (χ4n) is 1.78. The number of benzene rings is 2. The Morgan fingerprint density at radius 3 is 2.61 bits per heavy atom. The molecule has 0 aliphatic rings. The van der Waals surface area contributed by atoms with E-state index in [1.807, 2.05) is 12.1 Å². The van der Waals surface area contributed by atoms with Crippen LogP contribution in [0.5, 0.6) is 5.75 Å². The number of nitro benzene ring substituents is 1. The van der Waals surface area contributed by atoms with Crippen molar-refractivity contribution in [3.63, 3.8) is 0 Å². The smallest absolute Gasteiger partial charge is 0.311 e. The molecule has 1 amide bonds. The molecule has 0 saturated heterocycles. The molecule has 0 atom stereocenters. The van der Waals surface area contributed by atoms with Gasteiger partial charge in [-0.3, -0.25) is 14.9 Å². The number of thioether (sulfide) groups is 1. The highest BCUT2D eigenvalue weighted by molar-refractivity contribution is 8.00. The van der Waals surface area contributed by atoms with Crippen molar-refractivity contribution >= 4 is 40.6 Å². The van der Waals surface area contributed by atoms with Crippen LogP contribution in [0, 0.1) is 10.1 Å². The number of methoxy groups -OCH3 is 1. The number of nitrogens with one attached hydrogen (secondary N) is 1. The third kappa shape index (κ3) is 4.87. The van der Waals surface area contributed by atoms with Gasteiger partial charge >= 0.3 is 5.69 Å². The second-order valence-electron chi connectivity index (χ2n) is 4.43. The number of nitrogens with zero attached hydrogens (tertiary/aromatic N) is 1. The molecule has 0 fully saturated rings. The van der Waals surface area contributed by atoms with Crippen LogP contribution in [-0.4, -0.2) is 23.7 Å². The van der Waals surface area contributed by atoms with Gasteiger partial charge in [0.05, 0.1) is 17.8 Å². The molecular weight excluding hydrogens is 340 g/mol. The summed E-state index contributed by atoms with van der Waals surface area (Å²) in [6.07, 6.45) is 0. The van der Waals surface area contributed by atoms with E-state index >= 15 is 0 Å². The molecule has 6 nitrogen and oxygen atoms in total. The topological polar surface area (TPSA) is 81.5 Å². The molecule has 0 heterocycles. The van der Waals surface area contributed by atoms with Gasteiger partial charge in [0, 0.05) is 27.7 Å². The maximum atomic E-state index is 11.9. The molecule has 1 N–H and O–H groups in total. The zero-order valence-corrected chi connectivity index (χ0v) is 13.7. The summed E-state index contributed by atoms with van der Waals surface area (Å²) in [5.41, 5.74) is 0.287. The molecule has 8 heteroatoms. The molecule has 0 radical (unpaired) electrons. The van der Waals surface area contributed by atoms with Crippen LogP contribution >= 0.6 is 23.4 Å². The van der Waals surface area contributed by atoms with Gasteiger partial charge in [-0.25, -0.2) is 0 Å². The first-order valence-electron chi connectivity index (χ1n) is 6.50. The van der Waals surface area contributed by atoms with E-state index in [9.17, 15) is 14.9 Å². The zero-order chi connectivity index (χ0) is 16.8. The minimum atomic E-state index is -0.541. The molecule has 2 aromatic rings. The third-order valence-corrected chi connectivity index (χ3v) is 4.11. The van der Waals surface area contributed by atoms with E-state index in [2.05, 4.69) is 5.32 Å². The van der Waals surface area contributed by atoms with Crippen molar-refractivity contribution in [1.29, 1.82) is 0 Å². The fourth-order valence-corrected chi connectivity index (χ4v) is 2.61. The van der Waals surface area contributed by atoms with Crippen LogP contribution < -0.4 is 10.1 Å². The Kier molecular flexibility index (Phi) is 5.84. The van der Waals surface area contributed by atoms with E-state index < -0.39 is 4.92 Å². The lowest BCUT2D eigenvalue weighted by molar-refractivity contribution is -0.385. The van der Waals surface area contributed by atoms with Gasteiger partial charge in [0.2, 0.25) is 5.91 Å².